The molecule has 1 heterocycles. The van der Waals surface area contributed by atoms with Gasteiger partial charge in [0.15, 0.2) is 0 Å². The molecule has 2 atom stereocenters. The van der Waals surface area contributed by atoms with E-state index in [1.807, 2.05) is 13.8 Å². The third-order valence-electron chi connectivity index (χ3n) is 2.13. The summed E-state index contributed by atoms with van der Waals surface area (Å²) in [5.74, 6) is 0. The fourth-order valence-corrected chi connectivity index (χ4v) is 1.43. The second-order valence-corrected chi connectivity index (χ2v) is 3.90. The Morgan fingerprint density at radius 3 is 2.69 bits per heavy atom. The molecule has 5 nitrogen and oxygen atoms in total. The molecule has 13 heavy (non-hydrogen) atoms. The SMILES string of the molecule is CC1(C)C[C@@H](O)[C@H](NC(=O)O)CO1. The Morgan fingerprint density at radius 2 is 2.23 bits per heavy atom. The molecule has 0 spiro atoms. The van der Waals surface area contributed by atoms with Gasteiger partial charge in [0.1, 0.15) is 0 Å². The minimum atomic E-state index is -1.13. The highest BCUT2D eigenvalue weighted by Gasteiger charge is 2.35. The number of ether oxygens (including phenoxy) is 1. The van der Waals surface area contributed by atoms with Crippen LogP contribution in [-0.4, -0.2) is 40.7 Å². The van der Waals surface area contributed by atoms with Crippen molar-refractivity contribution >= 4 is 6.09 Å². The van der Waals surface area contributed by atoms with Gasteiger partial charge in [-0.3, -0.25) is 0 Å². The lowest BCUT2D eigenvalue weighted by molar-refractivity contribution is -0.112. The molecule has 0 aromatic carbocycles. The highest BCUT2D eigenvalue weighted by Crippen LogP contribution is 2.24. The minimum Gasteiger partial charge on any atom is -0.465 e. The number of amides is 1. The molecule has 1 aliphatic heterocycles. The van der Waals surface area contributed by atoms with E-state index < -0.39 is 18.2 Å². The van der Waals surface area contributed by atoms with Crippen molar-refractivity contribution in [1.82, 2.24) is 5.32 Å². The summed E-state index contributed by atoms with van der Waals surface area (Å²) >= 11 is 0. The van der Waals surface area contributed by atoms with Gasteiger partial charge in [0.2, 0.25) is 0 Å². The van der Waals surface area contributed by atoms with Crippen LogP contribution in [0.25, 0.3) is 0 Å². The van der Waals surface area contributed by atoms with Crippen molar-refractivity contribution in [3.63, 3.8) is 0 Å². The van der Waals surface area contributed by atoms with E-state index in [4.69, 9.17) is 9.84 Å². The number of hydrogen-bond acceptors (Lipinski definition) is 3. The van der Waals surface area contributed by atoms with Gasteiger partial charge in [-0.1, -0.05) is 0 Å². The lowest BCUT2D eigenvalue weighted by Crippen LogP contribution is -2.53. The molecule has 0 radical (unpaired) electrons. The van der Waals surface area contributed by atoms with E-state index in [0.717, 1.165) is 0 Å². The van der Waals surface area contributed by atoms with Crippen molar-refractivity contribution < 1.29 is 19.7 Å². The molecule has 0 unspecified atom stereocenters. The summed E-state index contributed by atoms with van der Waals surface area (Å²) < 4.78 is 5.36. The maximum Gasteiger partial charge on any atom is 0.405 e. The van der Waals surface area contributed by atoms with Crippen LogP contribution < -0.4 is 5.32 Å². The molecule has 76 valence electrons. The molecule has 1 saturated heterocycles. The molecular weight excluding hydrogens is 174 g/mol. The van der Waals surface area contributed by atoms with Crippen LogP contribution in [-0.2, 0) is 4.74 Å². The van der Waals surface area contributed by atoms with E-state index >= 15 is 0 Å². The zero-order chi connectivity index (χ0) is 10.1. The van der Waals surface area contributed by atoms with Gasteiger partial charge in [-0.25, -0.2) is 4.79 Å². The molecular formula is C8H15NO4. The Hall–Kier alpha value is -0.810. The maximum absolute atomic E-state index is 10.3. The Morgan fingerprint density at radius 1 is 1.62 bits per heavy atom. The average molecular weight is 189 g/mol. The summed E-state index contributed by atoms with van der Waals surface area (Å²) in [4.78, 5) is 10.3. The lowest BCUT2D eigenvalue weighted by atomic mass is 9.93. The standard InChI is InChI=1S/C8H15NO4/c1-8(2)3-6(10)5(4-13-8)9-7(11)12/h5-6,9-10H,3-4H2,1-2H3,(H,11,12)/t5-,6-/m1/s1. The van der Waals surface area contributed by atoms with Gasteiger partial charge >= 0.3 is 6.09 Å². The van der Waals surface area contributed by atoms with Crippen molar-refractivity contribution in [2.24, 2.45) is 0 Å². The fourth-order valence-electron chi connectivity index (χ4n) is 1.43. The first-order valence-corrected chi connectivity index (χ1v) is 4.22. The molecule has 3 N–H and O–H groups in total. The number of aliphatic hydroxyl groups excluding tert-OH is 1. The fraction of sp³-hybridized carbons (Fsp3) is 0.875. The van der Waals surface area contributed by atoms with Crippen LogP contribution >= 0.6 is 0 Å². The van der Waals surface area contributed by atoms with Crippen molar-refractivity contribution in [3.05, 3.63) is 0 Å². The van der Waals surface area contributed by atoms with Crippen molar-refractivity contribution in [2.75, 3.05) is 6.61 Å². The predicted molar refractivity (Wildman–Crippen MR) is 45.6 cm³/mol. The first-order valence-electron chi connectivity index (χ1n) is 4.22. The zero-order valence-electron chi connectivity index (χ0n) is 7.78. The molecule has 1 fully saturated rings. The largest absolute Gasteiger partial charge is 0.465 e. The van der Waals surface area contributed by atoms with E-state index in [-0.39, 0.29) is 12.2 Å². The quantitative estimate of drug-likeness (QED) is 0.550. The highest BCUT2D eigenvalue weighted by atomic mass is 16.5. The molecule has 0 aromatic rings. The molecule has 0 aromatic heterocycles. The Balaban J connectivity index is 2.49. The van der Waals surface area contributed by atoms with Crippen LogP contribution in [0.15, 0.2) is 0 Å². The van der Waals surface area contributed by atoms with E-state index in [1.165, 1.54) is 0 Å². The summed E-state index contributed by atoms with van der Waals surface area (Å²) in [6.07, 6.45) is -1.36. The van der Waals surface area contributed by atoms with E-state index in [0.29, 0.717) is 6.42 Å². The van der Waals surface area contributed by atoms with Crippen LogP contribution in [0.4, 0.5) is 4.79 Å². The average Bonchev–Trinajstić information content (AvgIpc) is 1.93. The molecule has 5 heteroatoms. The van der Waals surface area contributed by atoms with Crippen molar-refractivity contribution in [2.45, 2.75) is 38.0 Å². The molecule has 1 rings (SSSR count). The normalized spacial score (nSPS) is 32.5. The first-order chi connectivity index (χ1) is 5.91. The van der Waals surface area contributed by atoms with Crippen LogP contribution in [0, 0.1) is 0 Å². The molecule has 1 aliphatic rings. The second kappa shape index (κ2) is 3.51. The van der Waals surface area contributed by atoms with Crippen molar-refractivity contribution in [1.29, 1.82) is 0 Å². The number of carboxylic acid groups (broad SMARTS) is 1. The summed E-state index contributed by atoms with van der Waals surface area (Å²) in [5, 5.41) is 20.2. The van der Waals surface area contributed by atoms with Gasteiger partial charge in [0.05, 0.1) is 24.4 Å². The van der Waals surface area contributed by atoms with E-state index in [1.54, 1.807) is 0 Å². The van der Waals surface area contributed by atoms with Crippen LogP contribution in [0.1, 0.15) is 20.3 Å². The van der Waals surface area contributed by atoms with Crippen LogP contribution in [0.3, 0.4) is 0 Å². The number of nitrogens with one attached hydrogen (secondary N) is 1. The third-order valence-corrected chi connectivity index (χ3v) is 2.13. The smallest absolute Gasteiger partial charge is 0.405 e. The van der Waals surface area contributed by atoms with E-state index in [2.05, 4.69) is 5.32 Å². The number of hydrogen-bond donors (Lipinski definition) is 3. The van der Waals surface area contributed by atoms with Gasteiger partial charge < -0.3 is 20.3 Å². The van der Waals surface area contributed by atoms with Crippen LogP contribution in [0.2, 0.25) is 0 Å². The Kier molecular flexibility index (Phi) is 2.77. The summed E-state index contributed by atoms with van der Waals surface area (Å²) in [5.41, 5.74) is -0.365. The maximum atomic E-state index is 10.3. The molecule has 0 aliphatic carbocycles. The van der Waals surface area contributed by atoms with Crippen molar-refractivity contribution in [3.8, 4) is 0 Å². The van der Waals surface area contributed by atoms with Gasteiger partial charge in [-0.2, -0.15) is 0 Å². The molecule has 1 amide bonds. The highest BCUT2D eigenvalue weighted by molar-refractivity contribution is 5.65. The monoisotopic (exact) mass is 189 g/mol. The van der Waals surface area contributed by atoms with Crippen LogP contribution in [0.5, 0.6) is 0 Å². The topological polar surface area (TPSA) is 78.8 Å². The zero-order valence-corrected chi connectivity index (χ0v) is 7.78. The van der Waals surface area contributed by atoms with Gasteiger partial charge in [-0.15, -0.1) is 0 Å². The lowest BCUT2D eigenvalue weighted by Gasteiger charge is -2.38. The summed E-state index contributed by atoms with van der Waals surface area (Å²) in [7, 11) is 0. The summed E-state index contributed by atoms with van der Waals surface area (Å²) in [6.45, 7) is 3.96. The predicted octanol–water partition coefficient (Wildman–Crippen LogP) is 0.182. The first kappa shape index (κ1) is 10.3. The Labute approximate surface area is 76.7 Å². The van der Waals surface area contributed by atoms with E-state index in [9.17, 15) is 9.90 Å². The Bertz CT molecular complexity index is 204. The molecule has 0 bridgehead atoms. The van der Waals surface area contributed by atoms with Gasteiger partial charge in [-0.05, 0) is 13.8 Å². The minimum absolute atomic E-state index is 0.223. The third kappa shape index (κ3) is 2.86. The number of carbonyl (C=O) groups is 1. The summed E-state index contributed by atoms with van der Waals surface area (Å²) in [6, 6.07) is -0.509. The van der Waals surface area contributed by atoms with Gasteiger partial charge in [0, 0.05) is 6.42 Å². The number of aliphatic hydroxyl groups is 1. The van der Waals surface area contributed by atoms with Gasteiger partial charge in [0.25, 0.3) is 0 Å². The molecule has 0 saturated carbocycles. The second-order valence-electron chi connectivity index (χ2n) is 3.90. The number of rotatable bonds is 1.